The van der Waals surface area contributed by atoms with E-state index in [1.165, 1.54) is 104 Å². The zero-order valence-electron chi connectivity index (χ0n) is 35.2. The highest BCUT2D eigenvalue weighted by Crippen LogP contribution is 2.47. The Morgan fingerprint density at radius 2 is 1.05 bits per heavy atom. The zero-order valence-corrected chi connectivity index (χ0v) is 35.2. The molecule has 64 heavy (non-hydrogen) atoms. The standard InChI is InChI=1S/C62H42N2/c1-2-21-46(22-3-1)64-59-32-15-14-31-56(59)61-58(39-44-18-6-9-26-51(44)62(61)64)42-20-16-23-48(37-42)63(60-40-45-19-5-8-25-50(45)53-28-12-13-30-55(53)60)47-35-33-41(34-36-47)57-38-43-17-4-7-24-49(43)52-27-10-11-29-54(52)57/h1-7,9-24,26-40H,8,25H2. The van der Waals surface area contributed by atoms with Crippen molar-refractivity contribution in [3.63, 3.8) is 0 Å². The summed E-state index contributed by atoms with van der Waals surface area (Å²) in [6.07, 6.45) is 6.76. The van der Waals surface area contributed by atoms with Crippen LogP contribution in [0.1, 0.15) is 17.5 Å². The molecule has 300 valence electrons. The molecule has 0 radical (unpaired) electrons. The minimum absolute atomic E-state index is 1.05. The van der Waals surface area contributed by atoms with Gasteiger partial charge in [0.05, 0.1) is 16.7 Å². The van der Waals surface area contributed by atoms with E-state index in [-0.39, 0.29) is 0 Å². The second-order valence-corrected chi connectivity index (χ2v) is 17.1. The molecule has 0 N–H and O–H groups in total. The van der Waals surface area contributed by atoms with Crippen LogP contribution >= 0.6 is 0 Å². The number of aromatic nitrogens is 1. The van der Waals surface area contributed by atoms with Gasteiger partial charge in [-0.25, -0.2) is 0 Å². The van der Waals surface area contributed by atoms with E-state index in [2.05, 4.69) is 240 Å². The van der Waals surface area contributed by atoms with E-state index in [0.717, 1.165) is 29.9 Å². The van der Waals surface area contributed by atoms with Crippen molar-refractivity contribution < 1.29 is 0 Å². The van der Waals surface area contributed by atoms with Crippen molar-refractivity contribution in [2.75, 3.05) is 4.90 Å². The lowest BCUT2D eigenvalue weighted by atomic mass is 9.90. The third-order valence-electron chi connectivity index (χ3n) is 13.6. The van der Waals surface area contributed by atoms with Gasteiger partial charge in [0, 0.05) is 38.6 Å². The number of anilines is 3. The van der Waals surface area contributed by atoms with Gasteiger partial charge in [-0.3, -0.25) is 0 Å². The molecule has 0 saturated carbocycles. The summed E-state index contributed by atoms with van der Waals surface area (Å²) in [6, 6.07) is 80.8. The fourth-order valence-corrected chi connectivity index (χ4v) is 10.7. The van der Waals surface area contributed by atoms with Crippen LogP contribution in [0, 0.1) is 0 Å². The van der Waals surface area contributed by atoms with Crippen LogP contribution in [-0.2, 0) is 6.42 Å². The topological polar surface area (TPSA) is 8.17 Å². The summed E-state index contributed by atoms with van der Waals surface area (Å²) in [6.45, 7) is 0. The van der Waals surface area contributed by atoms with Crippen LogP contribution in [0.2, 0.25) is 0 Å². The summed E-state index contributed by atoms with van der Waals surface area (Å²) in [5, 5.41) is 12.6. The molecule has 0 spiro atoms. The fourth-order valence-electron chi connectivity index (χ4n) is 10.7. The van der Waals surface area contributed by atoms with Gasteiger partial charge < -0.3 is 9.47 Å². The van der Waals surface area contributed by atoms with Gasteiger partial charge in [0.15, 0.2) is 0 Å². The SMILES string of the molecule is C1=Cc2cc(N(c3ccc(-c4cc5ccccc5c5ccccc45)cc3)c3cccc(-c4cc5ccccc5c5c4c4ccccc4n5-c4ccccc4)c3)c3ccccc3c2CC1. The highest BCUT2D eigenvalue weighted by atomic mass is 15.1. The van der Waals surface area contributed by atoms with Gasteiger partial charge in [-0.15, -0.1) is 0 Å². The number of nitrogens with zero attached hydrogens (tertiary/aromatic N) is 2. The average molecular weight is 815 g/mol. The number of aryl methyl sites for hydroxylation is 1. The van der Waals surface area contributed by atoms with Gasteiger partial charge >= 0.3 is 0 Å². The van der Waals surface area contributed by atoms with Gasteiger partial charge in [-0.2, -0.15) is 0 Å². The van der Waals surface area contributed by atoms with Crippen molar-refractivity contribution in [3.05, 3.63) is 236 Å². The maximum Gasteiger partial charge on any atom is 0.0625 e. The molecule has 12 aromatic rings. The Morgan fingerprint density at radius 3 is 1.86 bits per heavy atom. The highest BCUT2D eigenvalue weighted by molar-refractivity contribution is 6.24. The summed E-state index contributed by atoms with van der Waals surface area (Å²) in [7, 11) is 0. The molecule has 13 rings (SSSR count). The molecule has 2 heteroatoms. The summed E-state index contributed by atoms with van der Waals surface area (Å²) >= 11 is 0. The van der Waals surface area contributed by atoms with E-state index in [4.69, 9.17) is 0 Å². The summed E-state index contributed by atoms with van der Waals surface area (Å²) in [4.78, 5) is 2.49. The molecule has 0 amide bonds. The first-order valence-electron chi connectivity index (χ1n) is 22.4. The lowest BCUT2D eigenvalue weighted by Crippen LogP contribution is -2.12. The van der Waals surface area contributed by atoms with Gasteiger partial charge in [-0.05, 0) is 139 Å². The highest BCUT2D eigenvalue weighted by Gasteiger charge is 2.23. The maximum absolute atomic E-state index is 2.49. The molecular formula is C62H42N2. The molecule has 1 aromatic heterocycles. The van der Waals surface area contributed by atoms with Crippen LogP contribution in [0.4, 0.5) is 17.1 Å². The predicted molar refractivity (Wildman–Crippen MR) is 274 cm³/mol. The van der Waals surface area contributed by atoms with E-state index in [0.29, 0.717) is 0 Å². The van der Waals surface area contributed by atoms with Crippen LogP contribution < -0.4 is 4.90 Å². The van der Waals surface area contributed by atoms with E-state index in [1.54, 1.807) is 0 Å². The number of hydrogen-bond acceptors (Lipinski definition) is 1. The molecular weight excluding hydrogens is 773 g/mol. The smallest absolute Gasteiger partial charge is 0.0625 e. The lowest BCUT2D eigenvalue weighted by molar-refractivity contribution is 0.997. The largest absolute Gasteiger partial charge is 0.310 e. The Hall–Kier alpha value is -8.20. The molecule has 0 saturated heterocycles. The van der Waals surface area contributed by atoms with E-state index >= 15 is 0 Å². The maximum atomic E-state index is 2.49. The zero-order chi connectivity index (χ0) is 42.1. The number of para-hydroxylation sites is 2. The minimum atomic E-state index is 1.05. The van der Waals surface area contributed by atoms with Crippen molar-refractivity contribution in [1.29, 1.82) is 0 Å². The Bertz CT molecular complexity index is 3830. The number of hydrogen-bond donors (Lipinski definition) is 0. The second-order valence-electron chi connectivity index (χ2n) is 17.1. The van der Waals surface area contributed by atoms with Crippen LogP contribution in [0.3, 0.4) is 0 Å². The quantitative estimate of drug-likeness (QED) is 0.152. The third-order valence-corrected chi connectivity index (χ3v) is 13.6. The van der Waals surface area contributed by atoms with Crippen molar-refractivity contribution in [2.24, 2.45) is 0 Å². The molecule has 1 aliphatic carbocycles. The van der Waals surface area contributed by atoms with Gasteiger partial charge in [0.25, 0.3) is 0 Å². The van der Waals surface area contributed by atoms with Crippen molar-refractivity contribution in [2.45, 2.75) is 12.8 Å². The van der Waals surface area contributed by atoms with E-state index in [1.807, 2.05) is 0 Å². The van der Waals surface area contributed by atoms with Crippen LogP contribution in [0.15, 0.2) is 224 Å². The first-order chi connectivity index (χ1) is 31.8. The van der Waals surface area contributed by atoms with E-state index < -0.39 is 0 Å². The molecule has 0 aliphatic heterocycles. The van der Waals surface area contributed by atoms with Gasteiger partial charge in [-0.1, -0.05) is 170 Å². The van der Waals surface area contributed by atoms with Crippen LogP contribution in [0.25, 0.3) is 98.9 Å². The predicted octanol–water partition coefficient (Wildman–Crippen LogP) is 17.2. The Kier molecular flexibility index (Phi) is 8.39. The molecule has 0 bridgehead atoms. The lowest BCUT2D eigenvalue weighted by Gasteiger charge is -2.29. The monoisotopic (exact) mass is 814 g/mol. The fraction of sp³-hybridized carbons (Fsp3) is 0.0323. The average Bonchev–Trinajstić information content (AvgIpc) is 3.72. The molecule has 1 aliphatic rings. The summed E-state index contributed by atoms with van der Waals surface area (Å²) < 4.78 is 2.46. The second kappa shape index (κ2) is 14.7. The minimum Gasteiger partial charge on any atom is -0.310 e. The normalized spacial score (nSPS) is 12.5. The molecule has 1 heterocycles. The Morgan fingerprint density at radius 1 is 0.406 bits per heavy atom. The molecule has 11 aromatic carbocycles. The number of allylic oxidation sites excluding steroid dienone is 1. The van der Waals surface area contributed by atoms with Crippen LogP contribution in [-0.4, -0.2) is 4.57 Å². The molecule has 2 nitrogen and oxygen atoms in total. The van der Waals surface area contributed by atoms with Gasteiger partial charge in [0.2, 0.25) is 0 Å². The number of fused-ring (bicyclic) bond motifs is 11. The summed E-state index contributed by atoms with van der Waals surface area (Å²) in [5.74, 6) is 0. The molecule has 0 fully saturated rings. The van der Waals surface area contributed by atoms with Crippen molar-refractivity contribution in [1.82, 2.24) is 4.57 Å². The Balaban J connectivity index is 1.05. The van der Waals surface area contributed by atoms with E-state index in [9.17, 15) is 0 Å². The number of benzene rings is 11. The summed E-state index contributed by atoms with van der Waals surface area (Å²) in [5.41, 5.74) is 14.6. The van der Waals surface area contributed by atoms with Crippen LogP contribution in [0.5, 0.6) is 0 Å². The van der Waals surface area contributed by atoms with Crippen molar-refractivity contribution in [3.8, 4) is 27.9 Å². The Labute approximate surface area is 372 Å². The van der Waals surface area contributed by atoms with Crippen molar-refractivity contribution >= 4 is 88.0 Å². The molecule has 0 unspecified atom stereocenters. The third kappa shape index (κ3) is 5.73. The van der Waals surface area contributed by atoms with Gasteiger partial charge in [0.1, 0.15) is 0 Å². The first kappa shape index (κ1) is 36.5. The molecule has 0 atom stereocenters. The first-order valence-corrected chi connectivity index (χ1v) is 22.4. The number of rotatable bonds is 6.